The highest BCUT2D eigenvalue weighted by Gasteiger charge is 2.27. The van der Waals surface area contributed by atoms with E-state index in [1.165, 1.54) is 25.7 Å². The van der Waals surface area contributed by atoms with Crippen LogP contribution in [-0.4, -0.2) is 47.6 Å². The summed E-state index contributed by atoms with van der Waals surface area (Å²) >= 11 is 0. The summed E-state index contributed by atoms with van der Waals surface area (Å²) in [6.07, 6.45) is 6.33. The Labute approximate surface area is 120 Å². The van der Waals surface area contributed by atoms with E-state index in [2.05, 4.69) is 12.2 Å². The summed E-state index contributed by atoms with van der Waals surface area (Å²) in [6, 6.07) is 0.401. The largest absolute Gasteiger partial charge is 0.481 e. The maximum absolute atomic E-state index is 12.1. The van der Waals surface area contributed by atoms with Crippen molar-refractivity contribution >= 4 is 11.9 Å². The number of carboxylic acids is 1. The van der Waals surface area contributed by atoms with E-state index in [-0.39, 0.29) is 11.8 Å². The fraction of sp³-hybridized carbons (Fsp3) is 0.867. The third-order valence-electron chi connectivity index (χ3n) is 4.88. The predicted octanol–water partition coefficient (Wildman–Crippen LogP) is 1.48. The van der Waals surface area contributed by atoms with Gasteiger partial charge in [0.25, 0.3) is 0 Å². The van der Waals surface area contributed by atoms with Crippen molar-refractivity contribution in [2.75, 3.05) is 19.6 Å². The molecular formula is C15H26N2O3. The molecule has 2 N–H and O–H groups in total. The Morgan fingerprint density at radius 1 is 1.20 bits per heavy atom. The van der Waals surface area contributed by atoms with Crippen molar-refractivity contribution in [1.82, 2.24) is 10.2 Å². The molecule has 1 saturated heterocycles. The smallest absolute Gasteiger partial charge is 0.306 e. The highest BCUT2D eigenvalue weighted by atomic mass is 16.4. The lowest BCUT2D eigenvalue weighted by Gasteiger charge is -2.31. The van der Waals surface area contributed by atoms with Crippen LogP contribution in [0, 0.1) is 11.8 Å². The number of hydrogen-bond donors (Lipinski definition) is 2. The molecular weight excluding hydrogens is 256 g/mol. The number of carbonyl (C=O) groups excluding carboxylic acids is 1. The van der Waals surface area contributed by atoms with Crippen molar-refractivity contribution in [3.63, 3.8) is 0 Å². The van der Waals surface area contributed by atoms with Crippen LogP contribution in [0.2, 0.25) is 0 Å². The first kappa shape index (κ1) is 15.3. The van der Waals surface area contributed by atoms with Crippen LogP contribution >= 0.6 is 0 Å². The van der Waals surface area contributed by atoms with Crippen LogP contribution in [0.3, 0.4) is 0 Å². The van der Waals surface area contributed by atoms with Gasteiger partial charge >= 0.3 is 5.97 Å². The van der Waals surface area contributed by atoms with E-state index >= 15 is 0 Å². The summed E-state index contributed by atoms with van der Waals surface area (Å²) in [6.45, 7) is 3.71. The molecule has 0 bridgehead atoms. The van der Waals surface area contributed by atoms with Crippen LogP contribution in [0.1, 0.15) is 45.4 Å². The second-order valence-electron chi connectivity index (χ2n) is 6.21. The normalized spacial score (nSPS) is 22.9. The Morgan fingerprint density at radius 3 is 2.35 bits per heavy atom. The molecule has 5 nitrogen and oxygen atoms in total. The lowest BCUT2D eigenvalue weighted by Crippen LogP contribution is -2.46. The summed E-state index contributed by atoms with van der Waals surface area (Å²) in [5.41, 5.74) is 0. The van der Waals surface area contributed by atoms with Gasteiger partial charge in [0.05, 0.1) is 12.5 Å². The fourth-order valence-corrected chi connectivity index (χ4v) is 3.36. The number of amides is 1. The summed E-state index contributed by atoms with van der Waals surface area (Å²) < 4.78 is 0. The standard InChI is InChI=1S/C15H26N2O3/c1-11(12-4-2-3-5-12)16-10-14(18)17-8-6-13(7-9-17)15(19)20/h11-13,16H,2-10H2,1H3,(H,19,20). The van der Waals surface area contributed by atoms with Crippen molar-refractivity contribution < 1.29 is 14.7 Å². The molecule has 0 spiro atoms. The number of carboxylic acid groups (broad SMARTS) is 1. The molecule has 1 aliphatic heterocycles. The zero-order chi connectivity index (χ0) is 14.5. The molecule has 1 amide bonds. The average molecular weight is 282 g/mol. The van der Waals surface area contributed by atoms with Gasteiger partial charge in [0, 0.05) is 19.1 Å². The molecule has 2 rings (SSSR count). The Morgan fingerprint density at radius 2 is 1.80 bits per heavy atom. The number of aliphatic carboxylic acids is 1. The van der Waals surface area contributed by atoms with Crippen LogP contribution in [0.4, 0.5) is 0 Å². The minimum atomic E-state index is -0.731. The monoisotopic (exact) mass is 282 g/mol. The molecule has 2 fully saturated rings. The lowest BCUT2D eigenvalue weighted by molar-refractivity contribution is -0.145. The van der Waals surface area contributed by atoms with Crippen LogP contribution in [0.5, 0.6) is 0 Å². The third kappa shape index (κ3) is 3.95. The summed E-state index contributed by atoms with van der Waals surface area (Å²) in [4.78, 5) is 24.8. The fourth-order valence-electron chi connectivity index (χ4n) is 3.36. The highest BCUT2D eigenvalue weighted by molar-refractivity contribution is 5.79. The molecule has 2 aliphatic rings. The van der Waals surface area contributed by atoms with Crippen molar-refractivity contribution in [2.24, 2.45) is 11.8 Å². The second kappa shape index (κ2) is 7.07. The van der Waals surface area contributed by atoms with E-state index in [0.717, 1.165) is 0 Å². The molecule has 0 aromatic heterocycles. The number of piperidine rings is 1. The molecule has 1 heterocycles. The van der Waals surface area contributed by atoms with E-state index in [1.807, 2.05) is 0 Å². The maximum atomic E-state index is 12.1. The minimum Gasteiger partial charge on any atom is -0.481 e. The van der Waals surface area contributed by atoms with E-state index in [9.17, 15) is 9.59 Å². The van der Waals surface area contributed by atoms with Gasteiger partial charge < -0.3 is 15.3 Å². The van der Waals surface area contributed by atoms with Gasteiger partial charge in [0.15, 0.2) is 0 Å². The second-order valence-corrected chi connectivity index (χ2v) is 6.21. The quantitative estimate of drug-likeness (QED) is 0.801. The molecule has 1 aliphatic carbocycles. The van der Waals surface area contributed by atoms with Crippen molar-refractivity contribution in [2.45, 2.75) is 51.5 Å². The van der Waals surface area contributed by atoms with E-state index in [1.54, 1.807) is 4.90 Å². The summed E-state index contributed by atoms with van der Waals surface area (Å²) in [5, 5.41) is 12.3. The molecule has 1 saturated carbocycles. The van der Waals surface area contributed by atoms with Gasteiger partial charge in [0.2, 0.25) is 5.91 Å². The summed E-state index contributed by atoms with van der Waals surface area (Å²) in [7, 11) is 0. The molecule has 0 radical (unpaired) electrons. The molecule has 114 valence electrons. The zero-order valence-corrected chi connectivity index (χ0v) is 12.3. The van der Waals surface area contributed by atoms with Crippen LogP contribution in [0.25, 0.3) is 0 Å². The molecule has 1 unspecified atom stereocenters. The number of nitrogens with zero attached hydrogens (tertiary/aromatic N) is 1. The number of nitrogens with one attached hydrogen (secondary N) is 1. The topological polar surface area (TPSA) is 69.6 Å². The van der Waals surface area contributed by atoms with Crippen LogP contribution in [-0.2, 0) is 9.59 Å². The first-order chi connectivity index (χ1) is 9.58. The average Bonchev–Trinajstić information content (AvgIpc) is 2.98. The molecule has 0 aromatic rings. The Kier molecular flexibility index (Phi) is 5.40. The van der Waals surface area contributed by atoms with Crippen molar-refractivity contribution in [3.05, 3.63) is 0 Å². The predicted molar refractivity (Wildman–Crippen MR) is 76.4 cm³/mol. The summed E-state index contributed by atoms with van der Waals surface area (Å²) in [5.74, 6) is -0.186. The van der Waals surface area contributed by atoms with Crippen molar-refractivity contribution in [1.29, 1.82) is 0 Å². The third-order valence-corrected chi connectivity index (χ3v) is 4.88. The molecule has 0 aromatic carbocycles. The lowest BCUT2D eigenvalue weighted by atomic mass is 9.97. The van der Waals surface area contributed by atoms with Gasteiger partial charge in [-0.05, 0) is 38.5 Å². The number of likely N-dealkylation sites (tertiary alicyclic amines) is 1. The molecule has 1 atom stereocenters. The van der Waals surface area contributed by atoms with Gasteiger partial charge in [-0.15, -0.1) is 0 Å². The van der Waals surface area contributed by atoms with Crippen LogP contribution in [0.15, 0.2) is 0 Å². The SMILES string of the molecule is CC(NCC(=O)N1CCC(C(=O)O)CC1)C1CCCC1. The molecule has 20 heavy (non-hydrogen) atoms. The zero-order valence-electron chi connectivity index (χ0n) is 12.3. The number of carbonyl (C=O) groups is 2. The highest BCUT2D eigenvalue weighted by Crippen LogP contribution is 2.27. The Balaban J connectivity index is 1.68. The first-order valence-electron chi connectivity index (χ1n) is 7.82. The van der Waals surface area contributed by atoms with E-state index in [0.29, 0.717) is 44.4 Å². The Hall–Kier alpha value is -1.10. The number of hydrogen-bond acceptors (Lipinski definition) is 3. The minimum absolute atomic E-state index is 0.110. The van der Waals surface area contributed by atoms with E-state index < -0.39 is 5.97 Å². The maximum Gasteiger partial charge on any atom is 0.306 e. The van der Waals surface area contributed by atoms with Gasteiger partial charge in [0.1, 0.15) is 0 Å². The number of rotatable bonds is 5. The van der Waals surface area contributed by atoms with Crippen molar-refractivity contribution in [3.8, 4) is 0 Å². The van der Waals surface area contributed by atoms with Gasteiger partial charge in [-0.2, -0.15) is 0 Å². The van der Waals surface area contributed by atoms with Gasteiger partial charge in [-0.1, -0.05) is 12.8 Å². The Bertz CT molecular complexity index is 345. The van der Waals surface area contributed by atoms with Crippen LogP contribution < -0.4 is 5.32 Å². The first-order valence-corrected chi connectivity index (χ1v) is 7.82. The van der Waals surface area contributed by atoms with Gasteiger partial charge in [-0.25, -0.2) is 0 Å². The van der Waals surface area contributed by atoms with E-state index in [4.69, 9.17) is 5.11 Å². The van der Waals surface area contributed by atoms with Gasteiger partial charge in [-0.3, -0.25) is 9.59 Å². The molecule has 5 heteroatoms.